The molecule has 1 aliphatic rings. The standard InChI is InChI=1S/C23H22ClNO6/c1-4-11-25-20(14-5-7-15(8-6-14)31-13(2)26)19(22(28)23(25)29)21(27)17-12-16(30-3)9-10-18(17)24/h5-10,12,20,27H,4,11H2,1-3H3/b21-19+. The van der Waals surface area contributed by atoms with Crippen LogP contribution < -0.4 is 9.47 Å². The third kappa shape index (κ3) is 4.41. The van der Waals surface area contributed by atoms with Gasteiger partial charge in [0, 0.05) is 19.0 Å². The van der Waals surface area contributed by atoms with Gasteiger partial charge in [0.2, 0.25) is 0 Å². The van der Waals surface area contributed by atoms with Gasteiger partial charge in [-0.3, -0.25) is 14.4 Å². The van der Waals surface area contributed by atoms with Gasteiger partial charge in [-0.15, -0.1) is 0 Å². The number of aliphatic hydroxyl groups excluding tert-OH is 1. The molecule has 1 heterocycles. The fourth-order valence-corrected chi connectivity index (χ4v) is 3.75. The predicted octanol–water partition coefficient (Wildman–Crippen LogP) is 4.11. The average Bonchev–Trinajstić information content (AvgIpc) is 2.99. The number of methoxy groups -OCH3 is 1. The minimum Gasteiger partial charge on any atom is -0.507 e. The second kappa shape index (κ2) is 9.22. The van der Waals surface area contributed by atoms with E-state index in [4.69, 9.17) is 21.1 Å². The maximum absolute atomic E-state index is 12.9. The number of halogens is 1. The molecule has 8 heteroatoms. The van der Waals surface area contributed by atoms with Gasteiger partial charge >= 0.3 is 5.97 Å². The highest BCUT2D eigenvalue weighted by atomic mass is 35.5. The lowest BCUT2D eigenvalue weighted by Gasteiger charge is -2.25. The Morgan fingerprint density at radius 2 is 1.77 bits per heavy atom. The largest absolute Gasteiger partial charge is 0.507 e. The Balaban J connectivity index is 2.16. The molecule has 2 aromatic rings. The van der Waals surface area contributed by atoms with Crippen molar-refractivity contribution in [2.75, 3.05) is 13.7 Å². The molecular formula is C23H22ClNO6. The quantitative estimate of drug-likeness (QED) is 0.237. The van der Waals surface area contributed by atoms with E-state index >= 15 is 0 Å². The summed E-state index contributed by atoms with van der Waals surface area (Å²) in [6.07, 6.45) is 0.620. The van der Waals surface area contributed by atoms with E-state index in [0.29, 0.717) is 30.0 Å². The van der Waals surface area contributed by atoms with Crippen LogP contribution >= 0.6 is 11.6 Å². The van der Waals surface area contributed by atoms with E-state index in [2.05, 4.69) is 0 Å². The van der Waals surface area contributed by atoms with E-state index in [1.165, 1.54) is 25.0 Å². The highest BCUT2D eigenvalue weighted by molar-refractivity contribution is 6.47. The third-order valence-corrected chi connectivity index (χ3v) is 5.22. The van der Waals surface area contributed by atoms with Crippen LogP contribution in [0.5, 0.6) is 11.5 Å². The summed E-state index contributed by atoms with van der Waals surface area (Å²) in [6.45, 7) is 3.50. The number of benzene rings is 2. The van der Waals surface area contributed by atoms with Crippen LogP contribution in [0.1, 0.15) is 37.4 Å². The molecule has 162 valence electrons. The molecule has 1 aliphatic heterocycles. The first-order valence-electron chi connectivity index (χ1n) is 9.69. The van der Waals surface area contributed by atoms with Crippen molar-refractivity contribution in [3.8, 4) is 11.5 Å². The van der Waals surface area contributed by atoms with Crippen molar-refractivity contribution >= 4 is 35.0 Å². The molecule has 1 N–H and O–H groups in total. The van der Waals surface area contributed by atoms with Crippen LogP contribution in [0.3, 0.4) is 0 Å². The number of likely N-dealkylation sites (tertiary alicyclic amines) is 1. The second-order valence-corrected chi connectivity index (χ2v) is 7.41. The molecule has 1 unspecified atom stereocenters. The smallest absolute Gasteiger partial charge is 0.308 e. The number of carbonyl (C=O) groups excluding carboxylic acids is 3. The third-order valence-electron chi connectivity index (χ3n) is 4.89. The zero-order valence-electron chi connectivity index (χ0n) is 17.3. The summed E-state index contributed by atoms with van der Waals surface area (Å²) in [5.74, 6) is -1.56. The Bertz CT molecular complexity index is 1060. The van der Waals surface area contributed by atoms with E-state index in [1.54, 1.807) is 36.4 Å². The molecule has 2 aromatic carbocycles. The van der Waals surface area contributed by atoms with Gasteiger partial charge in [0.15, 0.2) is 0 Å². The molecule has 1 amide bonds. The lowest BCUT2D eigenvalue weighted by atomic mass is 9.95. The van der Waals surface area contributed by atoms with Gasteiger partial charge in [-0.05, 0) is 42.3 Å². The van der Waals surface area contributed by atoms with E-state index in [1.807, 2.05) is 6.92 Å². The number of hydrogen-bond acceptors (Lipinski definition) is 6. The molecule has 0 saturated carbocycles. The second-order valence-electron chi connectivity index (χ2n) is 7.00. The van der Waals surface area contributed by atoms with Gasteiger partial charge in [0.1, 0.15) is 17.3 Å². The highest BCUT2D eigenvalue weighted by Gasteiger charge is 2.45. The van der Waals surface area contributed by atoms with Gasteiger partial charge < -0.3 is 19.5 Å². The van der Waals surface area contributed by atoms with E-state index in [9.17, 15) is 19.5 Å². The van der Waals surface area contributed by atoms with Crippen LogP contribution in [0.2, 0.25) is 5.02 Å². The van der Waals surface area contributed by atoms with Crippen molar-refractivity contribution in [2.24, 2.45) is 0 Å². The topological polar surface area (TPSA) is 93.1 Å². The Morgan fingerprint density at radius 1 is 1.13 bits per heavy atom. The Kier molecular flexibility index (Phi) is 6.65. The summed E-state index contributed by atoms with van der Waals surface area (Å²) >= 11 is 6.26. The zero-order chi connectivity index (χ0) is 22.7. The number of ketones is 1. The number of Topliss-reactive ketones (excluding diaryl/α,β-unsaturated/α-hetero) is 1. The van der Waals surface area contributed by atoms with Crippen molar-refractivity contribution in [3.63, 3.8) is 0 Å². The molecule has 0 spiro atoms. The fraction of sp³-hybridized carbons (Fsp3) is 0.261. The number of aliphatic hydroxyl groups is 1. The molecule has 1 saturated heterocycles. The van der Waals surface area contributed by atoms with Crippen LogP contribution in [0.25, 0.3) is 5.76 Å². The summed E-state index contributed by atoms with van der Waals surface area (Å²) in [6, 6.07) is 10.3. The van der Waals surface area contributed by atoms with Crippen molar-refractivity contribution in [2.45, 2.75) is 26.3 Å². The van der Waals surface area contributed by atoms with Crippen molar-refractivity contribution in [1.29, 1.82) is 0 Å². The van der Waals surface area contributed by atoms with E-state index in [0.717, 1.165) is 0 Å². The first kappa shape index (κ1) is 22.4. The van der Waals surface area contributed by atoms with Gasteiger partial charge in [0.05, 0.1) is 23.7 Å². The molecule has 0 radical (unpaired) electrons. The molecule has 0 aliphatic carbocycles. The number of carbonyl (C=O) groups is 3. The molecular weight excluding hydrogens is 422 g/mol. The van der Waals surface area contributed by atoms with Gasteiger partial charge in [-0.25, -0.2) is 0 Å². The molecule has 0 bridgehead atoms. The first-order chi connectivity index (χ1) is 14.8. The Hall–Kier alpha value is -3.32. The monoisotopic (exact) mass is 443 g/mol. The van der Waals surface area contributed by atoms with E-state index in [-0.39, 0.29) is 21.9 Å². The molecule has 7 nitrogen and oxygen atoms in total. The summed E-state index contributed by atoms with van der Waals surface area (Å²) in [5, 5.41) is 11.3. The van der Waals surface area contributed by atoms with E-state index < -0.39 is 23.7 Å². The predicted molar refractivity (Wildman–Crippen MR) is 115 cm³/mol. The molecule has 3 rings (SSSR count). The number of nitrogens with zero attached hydrogens (tertiary/aromatic N) is 1. The lowest BCUT2D eigenvalue weighted by molar-refractivity contribution is -0.139. The van der Waals surface area contributed by atoms with Crippen LogP contribution in [-0.2, 0) is 14.4 Å². The number of rotatable bonds is 6. The average molecular weight is 444 g/mol. The molecule has 0 aromatic heterocycles. The summed E-state index contributed by atoms with van der Waals surface area (Å²) in [4.78, 5) is 38.3. The molecule has 1 atom stereocenters. The van der Waals surface area contributed by atoms with Gasteiger partial charge in [-0.1, -0.05) is 30.7 Å². The van der Waals surface area contributed by atoms with Crippen LogP contribution in [0, 0.1) is 0 Å². The normalized spacial score (nSPS) is 17.7. The molecule has 1 fully saturated rings. The minimum atomic E-state index is -0.811. The highest BCUT2D eigenvalue weighted by Crippen LogP contribution is 2.41. The number of ether oxygens (including phenoxy) is 2. The maximum atomic E-state index is 12.9. The maximum Gasteiger partial charge on any atom is 0.308 e. The zero-order valence-corrected chi connectivity index (χ0v) is 18.1. The first-order valence-corrected chi connectivity index (χ1v) is 10.1. The number of amides is 1. The fourth-order valence-electron chi connectivity index (χ4n) is 3.54. The van der Waals surface area contributed by atoms with Crippen molar-refractivity contribution < 1.29 is 29.0 Å². The molecule has 31 heavy (non-hydrogen) atoms. The number of hydrogen-bond donors (Lipinski definition) is 1. The SMILES string of the molecule is CCCN1C(=O)C(=O)/C(=C(/O)c2cc(OC)ccc2Cl)C1c1ccc(OC(C)=O)cc1. The van der Waals surface area contributed by atoms with Crippen molar-refractivity contribution in [1.82, 2.24) is 4.90 Å². The number of esters is 1. The Labute approximate surface area is 184 Å². The Morgan fingerprint density at radius 3 is 2.35 bits per heavy atom. The van der Waals surface area contributed by atoms with Crippen LogP contribution in [-0.4, -0.2) is 41.3 Å². The van der Waals surface area contributed by atoms with Crippen LogP contribution in [0.4, 0.5) is 0 Å². The summed E-state index contributed by atoms with van der Waals surface area (Å²) in [7, 11) is 1.47. The van der Waals surface area contributed by atoms with Gasteiger partial charge in [0.25, 0.3) is 11.7 Å². The van der Waals surface area contributed by atoms with Crippen molar-refractivity contribution in [3.05, 3.63) is 64.2 Å². The lowest BCUT2D eigenvalue weighted by Crippen LogP contribution is -2.30. The summed E-state index contributed by atoms with van der Waals surface area (Å²) in [5.41, 5.74) is 0.718. The summed E-state index contributed by atoms with van der Waals surface area (Å²) < 4.78 is 10.2. The van der Waals surface area contributed by atoms with Crippen LogP contribution in [0.15, 0.2) is 48.0 Å². The minimum absolute atomic E-state index is 0.0613. The van der Waals surface area contributed by atoms with Gasteiger partial charge in [-0.2, -0.15) is 0 Å².